The van der Waals surface area contributed by atoms with Gasteiger partial charge < -0.3 is 4.74 Å². The van der Waals surface area contributed by atoms with Crippen LogP contribution < -0.4 is 0 Å². The molecule has 2 nitrogen and oxygen atoms in total. The van der Waals surface area contributed by atoms with Gasteiger partial charge >= 0.3 is 0 Å². The molecule has 0 unspecified atom stereocenters. The van der Waals surface area contributed by atoms with E-state index in [2.05, 4.69) is 12.2 Å². The van der Waals surface area contributed by atoms with E-state index in [1.807, 2.05) is 6.08 Å². The van der Waals surface area contributed by atoms with E-state index in [4.69, 9.17) is 4.74 Å². The summed E-state index contributed by atoms with van der Waals surface area (Å²) in [5, 5.41) is 0. The van der Waals surface area contributed by atoms with Crippen molar-refractivity contribution in [3.63, 3.8) is 0 Å². The fourth-order valence-electron chi connectivity index (χ4n) is 4.84. The standard InChI is InChI=1S/C14H14O2/c15-10-3-4-14(7-16-14)12-9-2-1-8(11(10)12)13(9)5-6-13/h1-4,8-9,11-12H,5-7H2/t8-,9+,11-,12-,14-/m0/s1. The Morgan fingerprint density at radius 2 is 2.00 bits per heavy atom. The normalized spacial score (nSPS) is 57.4. The monoisotopic (exact) mass is 214 g/mol. The molecule has 2 spiro atoms. The third-order valence-electron chi connectivity index (χ3n) is 5.74. The number of carbonyl (C=O) groups excluding carboxylic acids is 1. The van der Waals surface area contributed by atoms with Crippen molar-refractivity contribution in [2.24, 2.45) is 29.1 Å². The Hall–Kier alpha value is -0.890. The van der Waals surface area contributed by atoms with E-state index in [0.717, 1.165) is 6.61 Å². The molecule has 0 N–H and O–H groups in total. The second kappa shape index (κ2) is 2.08. The van der Waals surface area contributed by atoms with Crippen molar-refractivity contribution in [1.29, 1.82) is 0 Å². The number of ketones is 1. The van der Waals surface area contributed by atoms with Crippen LogP contribution in [0, 0.1) is 29.1 Å². The van der Waals surface area contributed by atoms with Gasteiger partial charge in [-0.05, 0) is 42.2 Å². The number of hydrogen-bond acceptors (Lipinski definition) is 2. The molecule has 5 rings (SSSR count). The van der Waals surface area contributed by atoms with Crippen molar-refractivity contribution in [2.75, 3.05) is 6.61 Å². The van der Waals surface area contributed by atoms with Crippen molar-refractivity contribution in [1.82, 2.24) is 0 Å². The van der Waals surface area contributed by atoms with Crippen LogP contribution in [0.1, 0.15) is 12.8 Å². The number of hydrogen-bond donors (Lipinski definition) is 0. The Kier molecular flexibility index (Phi) is 1.07. The van der Waals surface area contributed by atoms with E-state index in [0.29, 0.717) is 29.0 Å². The summed E-state index contributed by atoms with van der Waals surface area (Å²) in [6, 6.07) is 0. The molecule has 2 saturated carbocycles. The molecule has 0 amide bonds. The number of epoxide rings is 1. The maximum Gasteiger partial charge on any atom is 0.159 e. The molecule has 0 aromatic rings. The van der Waals surface area contributed by atoms with Gasteiger partial charge in [-0.15, -0.1) is 0 Å². The van der Waals surface area contributed by atoms with Crippen LogP contribution in [0.25, 0.3) is 0 Å². The molecule has 2 heteroatoms. The van der Waals surface area contributed by atoms with Gasteiger partial charge in [0.05, 0.1) is 6.61 Å². The minimum atomic E-state index is -0.0433. The van der Waals surface area contributed by atoms with Gasteiger partial charge in [-0.3, -0.25) is 4.79 Å². The SMILES string of the molecule is O=C1C=C[C@]2(CO2)[C@@H]2[C@H]1[C@@H]1C=C[C@H]2C12CC2. The Bertz CT molecular complexity index is 465. The molecule has 0 radical (unpaired) electrons. The lowest BCUT2D eigenvalue weighted by Gasteiger charge is -2.32. The molecular weight excluding hydrogens is 200 g/mol. The van der Waals surface area contributed by atoms with Crippen LogP contribution in [0.4, 0.5) is 0 Å². The molecule has 16 heavy (non-hydrogen) atoms. The Morgan fingerprint density at radius 1 is 1.25 bits per heavy atom. The van der Waals surface area contributed by atoms with Gasteiger partial charge in [-0.1, -0.05) is 12.2 Å². The first-order valence-corrected chi connectivity index (χ1v) is 6.32. The van der Waals surface area contributed by atoms with Gasteiger partial charge in [0.1, 0.15) is 5.60 Å². The largest absolute Gasteiger partial charge is 0.365 e. The fourth-order valence-corrected chi connectivity index (χ4v) is 4.84. The lowest BCUT2D eigenvalue weighted by atomic mass is 9.70. The Balaban J connectivity index is 1.73. The Morgan fingerprint density at radius 3 is 2.69 bits per heavy atom. The molecule has 1 heterocycles. The van der Waals surface area contributed by atoms with Gasteiger partial charge in [0.25, 0.3) is 0 Å². The number of allylic oxidation sites excluding steroid dienone is 3. The summed E-state index contributed by atoms with van der Waals surface area (Å²) in [5.74, 6) is 2.21. The maximum atomic E-state index is 12.1. The average Bonchev–Trinajstić information content (AvgIpc) is 3.16. The van der Waals surface area contributed by atoms with Crippen molar-refractivity contribution in [2.45, 2.75) is 18.4 Å². The van der Waals surface area contributed by atoms with Gasteiger partial charge in [-0.2, -0.15) is 0 Å². The molecule has 5 atom stereocenters. The summed E-state index contributed by atoms with van der Waals surface area (Å²) in [7, 11) is 0. The van der Waals surface area contributed by atoms with E-state index in [1.54, 1.807) is 6.08 Å². The molecule has 0 aromatic carbocycles. The van der Waals surface area contributed by atoms with Gasteiger partial charge in [0.15, 0.2) is 5.78 Å². The van der Waals surface area contributed by atoms with Gasteiger partial charge in [0.2, 0.25) is 0 Å². The minimum Gasteiger partial charge on any atom is -0.365 e. The lowest BCUT2D eigenvalue weighted by molar-refractivity contribution is -0.121. The van der Waals surface area contributed by atoms with Crippen LogP contribution in [-0.4, -0.2) is 18.0 Å². The molecule has 1 aliphatic heterocycles. The topological polar surface area (TPSA) is 29.6 Å². The highest BCUT2D eigenvalue weighted by molar-refractivity contribution is 5.95. The van der Waals surface area contributed by atoms with Crippen LogP contribution in [-0.2, 0) is 9.53 Å². The molecule has 2 bridgehead atoms. The first kappa shape index (κ1) is 8.24. The predicted molar refractivity (Wildman–Crippen MR) is 57.6 cm³/mol. The van der Waals surface area contributed by atoms with Crippen molar-refractivity contribution < 1.29 is 9.53 Å². The van der Waals surface area contributed by atoms with Gasteiger partial charge in [-0.25, -0.2) is 0 Å². The van der Waals surface area contributed by atoms with E-state index in [1.165, 1.54) is 12.8 Å². The van der Waals surface area contributed by atoms with Crippen molar-refractivity contribution in [3.05, 3.63) is 24.3 Å². The van der Waals surface area contributed by atoms with E-state index in [9.17, 15) is 4.79 Å². The third kappa shape index (κ3) is 0.657. The van der Waals surface area contributed by atoms with Crippen LogP contribution in [0.3, 0.4) is 0 Å². The number of fused-ring (bicyclic) bond motifs is 4. The molecule has 5 aliphatic rings. The van der Waals surface area contributed by atoms with E-state index >= 15 is 0 Å². The summed E-state index contributed by atoms with van der Waals surface area (Å²) in [6.45, 7) is 0.838. The zero-order chi connectivity index (χ0) is 10.5. The molecule has 4 aliphatic carbocycles. The van der Waals surface area contributed by atoms with Crippen LogP contribution in [0.5, 0.6) is 0 Å². The highest BCUT2D eigenvalue weighted by Gasteiger charge is 2.74. The van der Waals surface area contributed by atoms with Crippen LogP contribution >= 0.6 is 0 Å². The highest BCUT2D eigenvalue weighted by Crippen LogP contribution is 2.75. The lowest BCUT2D eigenvalue weighted by Crippen LogP contribution is -2.39. The summed E-state index contributed by atoms with van der Waals surface area (Å²) in [6.07, 6.45) is 11.2. The zero-order valence-electron chi connectivity index (χ0n) is 9.06. The molecule has 3 fully saturated rings. The second-order valence-corrected chi connectivity index (χ2v) is 6.20. The van der Waals surface area contributed by atoms with E-state index < -0.39 is 0 Å². The summed E-state index contributed by atoms with van der Waals surface area (Å²) in [5.41, 5.74) is 0.439. The molecular formula is C14H14O2. The minimum absolute atomic E-state index is 0.0433. The smallest absolute Gasteiger partial charge is 0.159 e. The summed E-state index contributed by atoms with van der Waals surface area (Å²) < 4.78 is 5.70. The van der Waals surface area contributed by atoms with Crippen molar-refractivity contribution >= 4 is 5.78 Å². The predicted octanol–water partition coefficient (Wildman–Crippen LogP) is 1.72. The van der Waals surface area contributed by atoms with E-state index in [-0.39, 0.29) is 11.5 Å². The molecule has 1 saturated heterocycles. The number of ether oxygens (including phenoxy) is 1. The summed E-state index contributed by atoms with van der Waals surface area (Å²) >= 11 is 0. The Labute approximate surface area is 94.4 Å². The first-order valence-electron chi connectivity index (χ1n) is 6.32. The average molecular weight is 214 g/mol. The first-order chi connectivity index (χ1) is 7.77. The maximum absolute atomic E-state index is 12.1. The van der Waals surface area contributed by atoms with Gasteiger partial charge in [0, 0.05) is 11.8 Å². The highest BCUT2D eigenvalue weighted by atomic mass is 16.6. The van der Waals surface area contributed by atoms with Crippen LogP contribution in [0.2, 0.25) is 0 Å². The second-order valence-electron chi connectivity index (χ2n) is 6.20. The fraction of sp³-hybridized carbons (Fsp3) is 0.643. The van der Waals surface area contributed by atoms with Crippen molar-refractivity contribution in [3.8, 4) is 0 Å². The number of rotatable bonds is 0. The molecule has 0 aromatic heterocycles. The van der Waals surface area contributed by atoms with Crippen LogP contribution in [0.15, 0.2) is 24.3 Å². The molecule has 82 valence electrons. The zero-order valence-corrected chi connectivity index (χ0v) is 9.06. The third-order valence-corrected chi connectivity index (χ3v) is 5.74. The quantitative estimate of drug-likeness (QED) is 0.454. The summed E-state index contributed by atoms with van der Waals surface area (Å²) in [4.78, 5) is 12.1. The number of carbonyl (C=O) groups is 1.